The first-order valence-corrected chi connectivity index (χ1v) is 7.07. The minimum absolute atomic E-state index is 0.615. The Bertz CT molecular complexity index is 807. The summed E-state index contributed by atoms with van der Waals surface area (Å²) in [5, 5.41) is 11.1. The Morgan fingerprint density at radius 3 is 3.24 bits per heavy atom. The van der Waals surface area contributed by atoms with Gasteiger partial charge in [0, 0.05) is 24.0 Å². The van der Waals surface area contributed by atoms with Crippen LogP contribution in [0, 0.1) is 6.92 Å². The maximum absolute atomic E-state index is 4.36. The summed E-state index contributed by atoms with van der Waals surface area (Å²) in [6.45, 7) is 3.91. The van der Waals surface area contributed by atoms with E-state index >= 15 is 0 Å². The van der Waals surface area contributed by atoms with Gasteiger partial charge in [-0.05, 0) is 37.1 Å². The van der Waals surface area contributed by atoms with E-state index in [9.17, 15) is 0 Å². The van der Waals surface area contributed by atoms with Gasteiger partial charge in [0.1, 0.15) is 12.1 Å². The lowest BCUT2D eigenvalue weighted by Gasteiger charge is -2.21. The Balaban J connectivity index is 1.80. The molecule has 1 aromatic carbocycles. The number of nitrogens with zero attached hydrogens (tertiary/aromatic N) is 4. The average molecular weight is 280 g/mol. The molecule has 2 aromatic heterocycles. The van der Waals surface area contributed by atoms with E-state index in [4.69, 9.17) is 0 Å². The molecule has 0 bridgehead atoms. The number of aryl methyl sites for hydroxylation is 1. The van der Waals surface area contributed by atoms with Crippen molar-refractivity contribution in [3.8, 4) is 0 Å². The van der Waals surface area contributed by atoms with E-state index in [-0.39, 0.29) is 0 Å². The van der Waals surface area contributed by atoms with Crippen LogP contribution in [0.1, 0.15) is 16.8 Å². The summed E-state index contributed by atoms with van der Waals surface area (Å²) in [6, 6.07) is 8.36. The van der Waals surface area contributed by atoms with Crippen LogP contribution in [0.3, 0.4) is 0 Å². The van der Waals surface area contributed by atoms with Crippen LogP contribution < -0.4 is 10.6 Å². The maximum atomic E-state index is 4.36. The third-order valence-corrected chi connectivity index (χ3v) is 3.78. The summed E-state index contributed by atoms with van der Waals surface area (Å²) in [5.74, 6) is 1.51. The topological polar surface area (TPSA) is 67.1 Å². The zero-order chi connectivity index (χ0) is 14.2. The third-order valence-electron chi connectivity index (χ3n) is 3.78. The second-order valence-electron chi connectivity index (χ2n) is 5.25. The molecule has 3 aromatic rings. The second kappa shape index (κ2) is 4.82. The van der Waals surface area contributed by atoms with Crippen LogP contribution in [0.25, 0.3) is 5.78 Å². The van der Waals surface area contributed by atoms with Gasteiger partial charge in [0.05, 0.1) is 0 Å². The fourth-order valence-corrected chi connectivity index (χ4v) is 2.81. The minimum Gasteiger partial charge on any atom is -0.340 e. The third kappa shape index (κ3) is 2.13. The van der Waals surface area contributed by atoms with Crippen LogP contribution in [-0.4, -0.2) is 26.1 Å². The zero-order valence-electron chi connectivity index (χ0n) is 11.8. The van der Waals surface area contributed by atoms with E-state index < -0.39 is 0 Å². The number of fused-ring (bicyclic) bond motifs is 2. The lowest BCUT2D eigenvalue weighted by atomic mass is 9.99. The summed E-state index contributed by atoms with van der Waals surface area (Å²) in [7, 11) is 0. The van der Waals surface area contributed by atoms with Gasteiger partial charge in [-0.2, -0.15) is 14.6 Å². The quantitative estimate of drug-likeness (QED) is 0.749. The van der Waals surface area contributed by atoms with Crippen LogP contribution in [0.15, 0.2) is 30.6 Å². The van der Waals surface area contributed by atoms with E-state index in [0.717, 1.165) is 36.7 Å². The Morgan fingerprint density at radius 1 is 1.33 bits per heavy atom. The monoisotopic (exact) mass is 280 g/mol. The van der Waals surface area contributed by atoms with Crippen LogP contribution in [-0.2, 0) is 13.0 Å². The van der Waals surface area contributed by atoms with Crippen molar-refractivity contribution in [2.75, 3.05) is 11.9 Å². The fraction of sp³-hybridized carbons (Fsp3) is 0.267. The van der Waals surface area contributed by atoms with E-state index in [1.54, 1.807) is 4.52 Å². The standard InChI is InChI=1S/C15H16N6/c1-10-7-14(21-15(19-10)17-9-18-21)20-13-4-2-3-11-8-16-6-5-12(11)13/h2-4,7,9,16,20H,5-6,8H2,1H3. The van der Waals surface area contributed by atoms with Gasteiger partial charge in [-0.1, -0.05) is 12.1 Å². The fourth-order valence-electron chi connectivity index (χ4n) is 2.81. The van der Waals surface area contributed by atoms with Crippen molar-refractivity contribution in [3.05, 3.63) is 47.4 Å². The Labute approximate surface area is 122 Å². The molecule has 1 aliphatic heterocycles. The van der Waals surface area contributed by atoms with Crippen molar-refractivity contribution in [1.29, 1.82) is 0 Å². The molecule has 0 saturated heterocycles. The highest BCUT2D eigenvalue weighted by Crippen LogP contribution is 2.26. The molecule has 0 fully saturated rings. The van der Waals surface area contributed by atoms with Gasteiger partial charge < -0.3 is 10.6 Å². The van der Waals surface area contributed by atoms with Crippen molar-refractivity contribution < 1.29 is 0 Å². The molecule has 0 atom stereocenters. The van der Waals surface area contributed by atoms with Crippen LogP contribution in [0.4, 0.5) is 11.5 Å². The van der Waals surface area contributed by atoms with Crippen molar-refractivity contribution in [1.82, 2.24) is 24.9 Å². The van der Waals surface area contributed by atoms with Gasteiger partial charge in [-0.3, -0.25) is 0 Å². The Kier molecular flexibility index (Phi) is 2.82. The summed E-state index contributed by atoms with van der Waals surface area (Å²) in [4.78, 5) is 8.52. The molecule has 0 aliphatic carbocycles. The predicted molar refractivity (Wildman–Crippen MR) is 80.7 cm³/mol. The van der Waals surface area contributed by atoms with E-state index in [1.807, 2.05) is 13.0 Å². The highest BCUT2D eigenvalue weighted by Gasteiger charge is 2.14. The molecule has 21 heavy (non-hydrogen) atoms. The average Bonchev–Trinajstić information content (AvgIpc) is 2.96. The van der Waals surface area contributed by atoms with Gasteiger partial charge in [0.2, 0.25) is 0 Å². The molecule has 0 unspecified atom stereocenters. The molecule has 0 saturated carbocycles. The minimum atomic E-state index is 0.615. The van der Waals surface area contributed by atoms with Gasteiger partial charge in [0.15, 0.2) is 0 Å². The molecule has 1 aliphatic rings. The largest absolute Gasteiger partial charge is 0.340 e. The molecule has 0 radical (unpaired) electrons. The smallest absolute Gasteiger partial charge is 0.254 e. The van der Waals surface area contributed by atoms with Gasteiger partial charge in [-0.15, -0.1) is 0 Å². The number of nitrogens with one attached hydrogen (secondary N) is 2. The molecular formula is C15H16N6. The second-order valence-corrected chi connectivity index (χ2v) is 5.25. The van der Waals surface area contributed by atoms with Crippen molar-refractivity contribution in [2.24, 2.45) is 0 Å². The molecule has 2 N–H and O–H groups in total. The van der Waals surface area contributed by atoms with E-state index in [0.29, 0.717) is 5.78 Å². The number of aromatic nitrogens is 4. The molecule has 6 heteroatoms. The number of hydrogen-bond acceptors (Lipinski definition) is 5. The van der Waals surface area contributed by atoms with Crippen molar-refractivity contribution >= 4 is 17.3 Å². The Morgan fingerprint density at radius 2 is 2.29 bits per heavy atom. The van der Waals surface area contributed by atoms with E-state index in [1.165, 1.54) is 17.5 Å². The zero-order valence-corrected chi connectivity index (χ0v) is 11.8. The predicted octanol–water partition coefficient (Wildman–Crippen LogP) is 1.82. The molecule has 3 heterocycles. The molecule has 0 amide bonds. The summed E-state index contributed by atoms with van der Waals surface area (Å²) >= 11 is 0. The molecule has 6 nitrogen and oxygen atoms in total. The lowest BCUT2D eigenvalue weighted by Crippen LogP contribution is -2.24. The summed E-state index contributed by atoms with van der Waals surface area (Å²) < 4.78 is 1.73. The maximum Gasteiger partial charge on any atom is 0.254 e. The lowest BCUT2D eigenvalue weighted by molar-refractivity contribution is 0.645. The van der Waals surface area contributed by atoms with E-state index in [2.05, 4.69) is 43.9 Å². The normalized spacial score (nSPS) is 14.1. The van der Waals surface area contributed by atoms with Crippen LogP contribution in [0.5, 0.6) is 0 Å². The highest BCUT2D eigenvalue weighted by molar-refractivity contribution is 5.64. The van der Waals surface area contributed by atoms with Crippen molar-refractivity contribution in [3.63, 3.8) is 0 Å². The molecule has 4 rings (SSSR count). The molecule has 106 valence electrons. The van der Waals surface area contributed by atoms with Crippen LogP contribution >= 0.6 is 0 Å². The van der Waals surface area contributed by atoms with Gasteiger partial charge in [-0.25, -0.2) is 4.98 Å². The summed E-state index contributed by atoms with van der Waals surface area (Å²) in [5.41, 5.74) is 4.78. The number of anilines is 2. The molecule has 0 spiro atoms. The summed E-state index contributed by atoms with van der Waals surface area (Å²) in [6.07, 6.45) is 2.56. The Hall–Kier alpha value is -2.47. The highest BCUT2D eigenvalue weighted by atomic mass is 15.3. The first-order valence-electron chi connectivity index (χ1n) is 7.07. The van der Waals surface area contributed by atoms with Crippen molar-refractivity contribution in [2.45, 2.75) is 19.9 Å². The molecular weight excluding hydrogens is 264 g/mol. The van der Waals surface area contributed by atoms with Gasteiger partial charge >= 0.3 is 0 Å². The first kappa shape index (κ1) is 12.3. The number of hydrogen-bond donors (Lipinski definition) is 2. The van der Waals surface area contributed by atoms with Crippen LogP contribution in [0.2, 0.25) is 0 Å². The SMILES string of the molecule is Cc1cc(Nc2cccc3c2CCNC3)n2ncnc2n1. The van der Waals surface area contributed by atoms with Gasteiger partial charge in [0.25, 0.3) is 5.78 Å². The first-order chi connectivity index (χ1) is 10.3. The number of benzene rings is 1. The number of rotatable bonds is 2.